The number of para-hydroxylation sites is 1. The topological polar surface area (TPSA) is 95.9 Å². The number of ether oxygens (including phenoxy) is 1. The summed E-state index contributed by atoms with van der Waals surface area (Å²) < 4.78 is 5.57. The van der Waals surface area contributed by atoms with Crippen LogP contribution in [-0.4, -0.2) is 42.3 Å². The highest BCUT2D eigenvalue weighted by atomic mass is 16.5. The molecule has 3 aromatic carbocycles. The Morgan fingerprint density at radius 3 is 2.14 bits per heavy atom. The highest BCUT2D eigenvalue weighted by Crippen LogP contribution is 2.44. The number of nitrogens with zero attached hydrogens (tertiary/aromatic N) is 1. The van der Waals surface area contributed by atoms with Gasteiger partial charge in [-0.15, -0.1) is 0 Å². The van der Waals surface area contributed by atoms with Crippen LogP contribution < -0.4 is 10.2 Å². The van der Waals surface area contributed by atoms with E-state index in [0.29, 0.717) is 11.3 Å². The lowest BCUT2D eigenvalue weighted by Crippen LogP contribution is -2.39. The first-order valence-electron chi connectivity index (χ1n) is 11.7. The number of anilines is 1. The van der Waals surface area contributed by atoms with Crippen LogP contribution in [0.1, 0.15) is 41.9 Å². The van der Waals surface area contributed by atoms with E-state index in [1.807, 2.05) is 24.3 Å². The number of alkyl carbamates (subject to hydrolysis) is 1. The Morgan fingerprint density at radius 1 is 0.943 bits per heavy atom. The van der Waals surface area contributed by atoms with Crippen molar-refractivity contribution in [1.29, 1.82) is 0 Å². The molecular weight excluding hydrogens is 444 g/mol. The van der Waals surface area contributed by atoms with Gasteiger partial charge < -0.3 is 20.1 Å². The van der Waals surface area contributed by atoms with Crippen LogP contribution in [0.2, 0.25) is 0 Å². The molecule has 1 aliphatic carbocycles. The van der Waals surface area contributed by atoms with Gasteiger partial charge in [0.2, 0.25) is 5.91 Å². The molecule has 1 aliphatic heterocycles. The van der Waals surface area contributed by atoms with Gasteiger partial charge in [0.05, 0.1) is 0 Å². The molecule has 2 amide bonds. The highest BCUT2D eigenvalue weighted by Gasteiger charge is 2.36. The maximum absolute atomic E-state index is 13.0. The molecule has 178 valence electrons. The molecule has 0 saturated heterocycles. The summed E-state index contributed by atoms with van der Waals surface area (Å²) in [5, 5.41) is 12.3. The van der Waals surface area contributed by atoms with Crippen LogP contribution >= 0.6 is 0 Å². The van der Waals surface area contributed by atoms with Crippen LogP contribution in [0.5, 0.6) is 0 Å². The number of nitrogens with one attached hydrogen (secondary N) is 1. The number of benzene rings is 3. The molecule has 2 atom stereocenters. The number of carboxylic acids is 1. The Morgan fingerprint density at radius 2 is 1.51 bits per heavy atom. The molecule has 3 aromatic rings. The highest BCUT2D eigenvalue weighted by molar-refractivity contribution is 5.99. The van der Waals surface area contributed by atoms with Crippen LogP contribution in [0, 0.1) is 0 Å². The molecule has 5 rings (SSSR count). The second kappa shape index (κ2) is 9.25. The number of carboxylic acid groups (broad SMARTS) is 1. The van der Waals surface area contributed by atoms with Gasteiger partial charge in [-0.25, -0.2) is 4.79 Å². The Hall–Kier alpha value is -4.13. The first kappa shape index (κ1) is 22.7. The fourth-order valence-electron chi connectivity index (χ4n) is 5.12. The zero-order valence-corrected chi connectivity index (χ0v) is 19.3. The average Bonchev–Trinajstić information content (AvgIpc) is 3.39. The lowest BCUT2D eigenvalue weighted by molar-refractivity contribution is -0.138. The zero-order valence-electron chi connectivity index (χ0n) is 19.3. The molecule has 0 saturated carbocycles. The van der Waals surface area contributed by atoms with Gasteiger partial charge in [0, 0.05) is 30.6 Å². The number of carbonyl (C=O) groups is 3. The van der Waals surface area contributed by atoms with Crippen LogP contribution in [0.15, 0.2) is 72.8 Å². The van der Waals surface area contributed by atoms with Crippen molar-refractivity contribution < 1.29 is 24.2 Å². The Balaban J connectivity index is 1.19. The summed E-state index contributed by atoms with van der Waals surface area (Å²) in [5.74, 6) is -2.00. The Bertz CT molecular complexity index is 1260. The monoisotopic (exact) mass is 470 g/mol. The van der Waals surface area contributed by atoms with Crippen LogP contribution in [-0.2, 0) is 14.3 Å². The largest absolute Gasteiger partial charge is 0.481 e. The summed E-state index contributed by atoms with van der Waals surface area (Å²) in [7, 11) is 0. The summed E-state index contributed by atoms with van der Waals surface area (Å²) in [5.41, 5.74) is 5.81. The number of aliphatic carboxylic acids is 1. The third kappa shape index (κ3) is 4.25. The molecular formula is C28H26N2O5. The van der Waals surface area contributed by atoms with E-state index in [4.69, 9.17) is 4.74 Å². The third-order valence-corrected chi connectivity index (χ3v) is 6.76. The molecule has 0 aromatic heterocycles. The molecule has 0 fully saturated rings. The van der Waals surface area contributed by atoms with Gasteiger partial charge in [0.25, 0.3) is 0 Å². The van der Waals surface area contributed by atoms with E-state index in [0.717, 1.165) is 22.3 Å². The van der Waals surface area contributed by atoms with Crippen molar-refractivity contribution in [3.63, 3.8) is 0 Å². The van der Waals surface area contributed by atoms with Crippen molar-refractivity contribution in [3.8, 4) is 11.1 Å². The van der Waals surface area contributed by atoms with Gasteiger partial charge in [-0.1, -0.05) is 66.7 Å². The van der Waals surface area contributed by atoms with Crippen LogP contribution in [0.4, 0.5) is 10.5 Å². The van der Waals surface area contributed by atoms with Crippen molar-refractivity contribution in [2.45, 2.75) is 31.2 Å². The van der Waals surface area contributed by atoms with E-state index < -0.39 is 24.0 Å². The summed E-state index contributed by atoms with van der Waals surface area (Å²) in [4.78, 5) is 38.6. The normalized spacial score (nSPS) is 16.7. The molecule has 7 heteroatoms. The quantitative estimate of drug-likeness (QED) is 0.552. The molecule has 2 aliphatic rings. The standard InChI is InChI=1S/C28H26N2O5/c1-17(14-26(31)30-15-23(27(32)33)22-12-6-7-13-25(22)30)29-28(34)35-16-24-20-10-4-2-8-18(20)19-9-3-5-11-21(19)24/h2-13,17,23-24H,14-16H2,1H3,(H,29,34)(H,32,33). The number of hydrogen-bond donors (Lipinski definition) is 2. The van der Waals surface area contributed by atoms with Crippen molar-refractivity contribution in [1.82, 2.24) is 5.32 Å². The fourth-order valence-corrected chi connectivity index (χ4v) is 5.12. The van der Waals surface area contributed by atoms with Gasteiger partial charge in [-0.3, -0.25) is 9.59 Å². The van der Waals surface area contributed by atoms with E-state index in [9.17, 15) is 19.5 Å². The molecule has 1 heterocycles. The van der Waals surface area contributed by atoms with E-state index >= 15 is 0 Å². The summed E-state index contributed by atoms with van der Waals surface area (Å²) in [6, 6.07) is 22.8. The number of rotatable bonds is 6. The molecule has 35 heavy (non-hydrogen) atoms. The maximum Gasteiger partial charge on any atom is 0.407 e. The van der Waals surface area contributed by atoms with Crippen molar-refractivity contribution >= 4 is 23.7 Å². The summed E-state index contributed by atoms with van der Waals surface area (Å²) >= 11 is 0. The summed E-state index contributed by atoms with van der Waals surface area (Å²) in [6.45, 7) is 2.02. The van der Waals surface area contributed by atoms with Crippen molar-refractivity contribution in [2.75, 3.05) is 18.1 Å². The van der Waals surface area contributed by atoms with Crippen LogP contribution in [0.3, 0.4) is 0 Å². The van der Waals surface area contributed by atoms with Gasteiger partial charge >= 0.3 is 12.1 Å². The van der Waals surface area contributed by atoms with Gasteiger partial charge in [0.15, 0.2) is 0 Å². The number of carbonyl (C=O) groups excluding carboxylic acids is 2. The first-order valence-corrected chi connectivity index (χ1v) is 11.7. The smallest absolute Gasteiger partial charge is 0.407 e. The Kier molecular flexibility index (Phi) is 5.99. The predicted molar refractivity (Wildman–Crippen MR) is 131 cm³/mol. The second-order valence-electron chi connectivity index (χ2n) is 9.03. The number of hydrogen-bond acceptors (Lipinski definition) is 4. The first-order chi connectivity index (χ1) is 16.9. The SMILES string of the molecule is CC(CC(=O)N1CC(C(=O)O)c2ccccc21)NC(=O)OCC1c2ccccc2-c2ccccc21. The minimum atomic E-state index is -0.961. The molecule has 0 spiro atoms. The van der Waals surface area contributed by atoms with Gasteiger partial charge in [-0.05, 0) is 40.8 Å². The lowest BCUT2D eigenvalue weighted by Gasteiger charge is -2.21. The second-order valence-corrected chi connectivity index (χ2v) is 9.03. The van der Waals surface area contributed by atoms with Crippen molar-refractivity contribution in [3.05, 3.63) is 89.5 Å². The zero-order chi connectivity index (χ0) is 24.5. The number of fused-ring (bicyclic) bond motifs is 4. The third-order valence-electron chi connectivity index (χ3n) is 6.76. The predicted octanol–water partition coefficient (Wildman–Crippen LogP) is 4.52. The average molecular weight is 471 g/mol. The molecule has 0 bridgehead atoms. The van der Waals surface area contributed by atoms with E-state index in [1.165, 1.54) is 4.90 Å². The van der Waals surface area contributed by atoms with E-state index in [2.05, 4.69) is 29.6 Å². The Labute approximate surface area is 203 Å². The summed E-state index contributed by atoms with van der Waals surface area (Å²) in [6.07, 6.45) is -0.553. The lowest BCUT2D eigenvalue weighted by atomic mass is 9.98. The fraction of sp³-hybridized carbons (Fsp3) is 0.250. The minimum absolute atomic E-state index is 0.0326. The maximum atomic E-state index is 13.0. The van der Waals surface area contributed by atoms with Crippen molar-refractivity contribution in [2.24, 2.45) is 0 Å². The van der Waals surface area contributed by atoms with E-state index in [1.54, 1.807) is 31.2 Å². The minimum Gasteiger partial charge on any atom is -0.481 e. The molecule has 0 radical (unpaired) electrons. The molecule has 2 unspecified atom stereocenters. The van der Waals surface area contributed by atoms with Gasteiger partial charge in [-0.2, -0.15) is 0 Å². The number of amides is 2. The van der Waals surface area contributed by atoms with E-state index in [-0.39, 0.29) is 31.4 Å². The molecule has 2 N–H and O–H groups in total. The van der Waals surface area contributed by atoms with Crippen LogP contribution in [0.25, 0.3) is 11.1 Å². The molecule has 7 nitrogen and oxygen atoms in total. The van der Waals surface area contributed by atoms with Gasteiger partial charge in [0.1, 0.15) is 12.5 Å².